The molecule has 0 radical (unpaired) electrons. The van der Waals surface area contributed by atoms with E-state index in [1.54, 1.807) is 0 Å². The molecule has 1 N–H and O–H groups in total. The zero-order valence-corrected chi connectivity index (χ0v) is 12.4. The molecule has 1 unspecified atom stereocenters. The van der Waals surface area contributed by atoms with Crippen molar-refractivity contribution in [1.82, 2.24) is 5.32 Å². The van der Waals surface area contributed by atoms with Crippen molar-refractivity contribution < 1.29 is 0 Å². The van der Waals surface area contributed by atoms with Gasteiger partial charge in [0.05, 0.1) is 0 Å². The van der Waals surface area contributed by atoms with Gasteiger partial charge in [-0.25, -0.2) is 0 Å². The largest absolute Gasteiger partial charge is 0.313 e. The summed E-state index contributed by atoms with van der Waals surface area (Å²) in [5.74, 6) is 2.55. The van der Waals surface area contributed by atoms with Crippen LogP contribution in [-0.4, -0.2) is 24.1 Å². The molecule has 0 aromatic carbocycles. The molecule has 0 heterocycles. The van der Waals surface area contributed by atoms with Gasteiger partial charge in [0.15, 0.2) is 0 Å². The fraction of sp³-hybridized carbons (Fsp3) is 1.00. The van der Waals surface area contributed by atoms with Gasteiger partial charge in [-0.1, -0.05) is 52.9 Å². The molecule has 0 saturated heterocycles. The van der Waals surface area contributed by atoms with Crippen molar-refractivity contribution in [2.24, 2.45) is 0 Å². The topological polar surface area (TPSA) is 12.0 Å². The Morgan fingerprint density at radius 1 is 0.938 bits per heavy atom. The maximum atomic E-state index is 3.67. The molecular formula is C14H31NS. The molecule has 1 nitrogen and oxygen atoms in total. The standard InChI is InChI=1S/C14H31NS/c1-4-7-8-9-10-11-14(13-16-6-3)15-12-5-2/h14-15H,4-13H2,1-3H3. The van der Waals surface area contributed by atoms with E-state index in [9.17, 15) is 0 Å². The third-order valence-electron chi connectivity index (χ3n) is 2.86. The SMILES string of the molecule is CCCCCCCC(CSCC)NCCC. The maximum absolute atomic E-state index is 3.67. The highest BCUT2D eigenvalue weighted by Gasteiger charge is 2.06. The van der Waals surface area contributed by atoms with E-state index in [0.29, 0.717) is 0 Å². The summed E-state index contributed by atoms with van der Waals surface area (Å²) in [4.78, 5) is 0. The molecule has 0 amide bonds. The summed E-state index contributed by atoms with van der Waals surface area (Å²) in [6.45, 7) is 7.97. The van der Waals surface area contributed by atoms with Gasteiger partial charge in [-0.05, 0) is 25.1 Å². The van der Waals surface area contributed by atoms with Crippen LogP contribution in [0.4, 0.5) is 0 Å². The van der Waals surface area contributed by atoms with Crippen LogP contribution in [0.1, 0.15) is 65.7 Å². The molecule has 0 bridgehead atoms. The Labute approximate surface area is 107 Å². The van der Waals surface area contributed by atoms with Gasteiger partial charge in [0.2, 0.25) is 0 Å². The van der Waals surface area contributed by atoms with Crippen molar-refractivity contribution in [1.29, 1.82) is 0 Å². The van der Waals surface area contributed by atoms with Crippen LogP contribution in [0.25, 0.3) is 0 Å². The summed E-state index contributed by atoms with van der Waals surface area (Å²) in [5.41, 5.74) is 0. The number of nitrogens with one attached hydrogen (secondary N) is 1. The quantitative estimate of drug-likeness (QED) is 0.509. The summed E-state index contributed by atoms with van der Waals surface area (Å²) >= 11 is 2.07. The lowest BCUT2D eigenvalue weighted by Crippen LogP contribution is -2.32. The van der Waals surface area contributed by atoms with Gasteiger partial charge in [0.25, 0.3) is 0 Å². The van der Waals surface area contributed by atoms with Crippen molar-refractivity contribution in [2.75, 3.05) is 18.1 Å². The summed E-state index contributed by atoms with van der Waals surface area (Å²) in [5, 5.41) is 3.67. The van der Waals surface area contributed by atoms with E-state index in [-0.39, 0.29) is 0 Å². The molecule has 0 saturated carbocycles. The molecule has 1 atom stereocenters. The molecule has 0 fully saturated rings. The van der Waals surface area contributed by atoms with Crippen LogP contribution in [0.5, 0.6) is 0 Å². The maximum Gasteiger partial charge on any atom is 0.0158 e. The molecule has 0 rings (SSSR count). The van der Waals surface area contributed by atoms with Gasteiger partial charge < -0.3 is 5.32 Å². The molecular weight excluding hydrogens is 214 g/mol. The Balaban J connectivity index is 3.48. The Hall–Kier alpha value is 0.310. The zero-order chi connectivity index (χ0) is 12.1. The Morgan fingerprint density at radius 2 is 1.69 bits per heavy atom. The first-order valence-corrected chi connectivity index (χ1v) is 8.31. The summed E-state index contributed by atoms with van der Waals surface area (Å²) < 4.78 is 0. The van der Waals surface area contributed by atoms with Gasteiger partial charge in [-0.15, -0.1) is 0 Å². The molecule has 0 spiro atoms. The second-order valence-corrected chi connectivity index (χ2v) is 5.83. The first-order valence-electron chi connectivity index (χ1n) is 7.16. The van der Waals surface area contributed by atoms with E-state index >= 15 is 0 Å². The normalized spacial score (nSPS) is 12.9. The first kappa shape index (κ1) is 16.3. The number of thioether (sulfide) groups is 1. The number of hydrogen-bond acceptors (Lipinski definition) is 2. The van der Waals surface area contributed by atoms with Crippen LogP contribution in [0.2, 0.25) is 0 Å². The van der Waals surface area contributed by atoms with Gasteiger partial charge in [0.1, 0.15) is 0 Å². The van der Waals surface area contributed by atoms with E-state index in [1.165, 1.54) is 63.0 Å². The van der Waals surface area contributed by atoms with E-state index < -0.39 is 0 Å². The molecule has 0 aliphatic carbocycles. The lowest BCUT2D eigenvalue weighted by molar-refractivity contribution is 0.486. The summed E-state index contributed by atoms with van der Waals surface area (Å²) in [7, 11) is 0. The van der Waals surface area contributed by atoms with Crippen LogP contribution in [0.3, 0.4) is 0 Å². The third kappa shape index (κ3) is 10.8. The van der Waals surface area contributed by atoms with Crippen LogP contribution < -0.4 is 5.32 Å². The minimum atomic E-state index is 0.756. The summed E-state index contributed by atoms with van der Waals surface area (Å²) in [6, 6.07) is 0.756. The number of hydrogen-bond donors (Lipinski definition) is 1. The molecule has 0 aromatic heterocycles. The van der Waals surface area contributed by atoms with Crippen LogP contribution in [0, 0.1) is 0 Å². The van der Waals surface area contributed by atoms with E-state index in [1.807, 2.05) is 0 Å². The lowest BCUT2D eigenvalue weighted by Gasteiger charge is -2.17. The van der Waals surface area contributed by atoms with Crippen LogP contribution in [0.15, 0.2) is 0 Å². The van der Waals surface area contributed by atoms with Gasteiger partial charge >= 0.3 is 0 Å². The monoisotopic (exact) mass is 245 g/mol. The highest BCUT2D eigenvalue weighted by atomic mass is 32.2. The number of unbranched alkanes of at least 4 members (excludes halogenated alkanes) is 4. The molecule has 0 aromatic rings. The minimum absolute atomic E-state index is 0.756. The zero-order valence-electron chi connectivity index (χ0n) is 11.6. The van der Waals surface area contributed by atoms with E-state index in [0.717, 1.165) is 6.04 Å². The molecule has 16 heavy (non-hydrogen) atoms. The van der Waals surface area contributed by atoms with Crippen LogP contribution in [-0.2, 0) is 0 Å². The second-order valence-electron chi connectivity index (χ2n) is 4.51. The van der Waals surface area contributed by atoms with E-state index in [2.05, 4.69) is 37.8 Å². The lowest BCUT2D eigenvalue weighted by atomic mass is 10.1. The highest BCUT2D eigenvalue weighted by molar-refractivity contribution is 7.99. The predicted molar refractivity (Wildman–Crippen MR) is 78.5 cm³/mol. The van der Waals surface area contributed by atoms with Crippen molar-refractivity contribution in [3.63, 3.8) is 0 Å². The molecule has 0 aliphatic rings. The fourth-order valence-corrected chi connectivity index (χ4v) is 2.65. The predicted octanol–water partition coefficient (Wildman–Crippen LogP) is 4.47. The average Bonchev–Trinajstić information content (AvgIpc) is 2.31. The molecule has 2 heteroatoms. The van der Waals surface area contributed by atoms with Crippen molar-refractivity contribution >= 4 is 11.8 Å². The Kier molecular flexibility index (Phi) is 13.6. The van der Waals surface area contributed by atoms with Crippen LogP contribution >= 0.6 is 11.8 Å². The highest BCUT2D eigenvalue weighted by Crippen LogP contribution is 2.11. The molecule has 0 aliphatic heterocycles. The fourth-order valence-electron chi connectivity index (χ4n) is 1.85. The van der Waals surface area contributed by atoms with Gasteiger partial charge in [-0.3, -0.25) is 0 Å². The average molecular weight is 245 g/mol. The second kappa shape index (κ2) is 13.4. The third-order valence-corrected chi connectivity index (χ3v) is 3.91. The minimum Gasteiger partial charge on any atom is -0.313 e. The molecule has 98 valence electrons. The smallest absolute Gasteiger partial charge is 0.0158 e. The first-order chi connectivity index (χ1) is 7.85. The number of rotatable bonds is 12. The van der Waals surface area contributed by atoms with Crippen molar-refractivity contribution in [3.05, 3.63) is 0 Å². The Morgan fingerprint density at radius 3 is 2.31 bits per heavy atom. The van der Waals surface area contributed by atoms with Crippen molar-refractivity contribution in [2.45, 2.75) is 71.8 Å². The van der Waals surface area contributed by atoms with Gasteiger partial charge in [-0.2, -0.15) is 11.8 Å². The van der Waals surface area contributed by atoms with E-state index in [4.69, 9.17) is 0 Å². The Bertz CT molecular complexity index is 120. The van der Waals surface area contributed by atoms with Crippen molar-refractivity contribution in [3.8, 4) is 0 Å². The summed E-state index contributed by atoms with van der Waals surface area (Å²) in [6.07, 6.45) is 9.65. The van der Waals surface area contributed by atoms with Gasteiger partial charge in [0, 0.05) is 11.8 Å².